The van der Waals surface area contributed by atoms with Gasteiger partial charge in [0.15, 0.2) is 11.5 Å². The molecule has 124 valence electrons. The molecule has 3 aromatic rings. The third-order valence-corrected chi connectivity index (χ3v) is 4.12. The number of fused-ring (bicyclic) bond motifs is 1. The Bertz CT molecular complexity index is 881. The molecule has 0 aliphatic rings. The van der Waals surface area contributed by atoms with Crippen molar-refractivity contribution in [3.05, 3.63) is 58.7 Å². The molecule has 1 heterocycles. The highest BCUT2D eigenvalue weighted by molar-refractivity contribution is 6.30. The van der Waals surface area contributed by atoms with E-state index in [1.165, 1.54) is 0 Å². The fraction of sp³-hybridized carbons (Fsp3) is 0.211. The van der Waals surface area contributed by atoms with Crippen LogP contribution in [0.25, 0.3) is 10.8 Å². The Morgan fingerprint density at radius 2 is 1.79 bits per heavy atom. The highest BCUT2D eigenvalue weighted by Crippen LogP contribution is 2.34. The van der Waals surface area contributed by atoms with Gasteiger partial charge in [-0.2, -0.15) is 0 Å². The Morgan fingerprint density at radius 1 is 1.04 bits per heavy atom. The van der Waals surface area contributed by atoms with Crippen LogP contribution >= 0.6 is 11.6 Å². The molecule has 0 saturated heterocycles. The van der Waals surface area contributed by atoms with Crippen molar-refractivity contribution >= 4 is 28.2 Å². The number of nitrogens with one attached hydrogen (secondary N) is 1. The molecule has 0 fully saturated rings. The first-order valence-electron chi connectivity index (χ1n) is 7.62. The first kappa shape index (κ1) is 16.4. The highest BCUT2D eigenvalue weighted by atomic mass is 35.5. The Labute approximate surface area is 146 Å². The predicted molar refractivity (Wildman–Crippen MR) is 98.4 cm³/mol. The SMILES string of the molecule is COc1cc2cc(NCc3cccc(Cl)c3)nc(C)c2cc1OC. The maximum atomic E-state index is 6.02. The van der Waals surface area contributed by atoms with E-state index in [0.29, 0.717) is 18.0 Å². The van der Waals surface area contributed by atoms with Crippen molar-refractivity contribution in [1.82, 2.24) is 4.98 Å². The van der Waals surface area contributed by atoms with Crippen LogP contribution in [-0.2, 0) is 6.54 Å². The first-order valence-corrected chi connectivity index (χ1v) is 8.00. The summed E-state index contributed by atoms with van der Waals surface area (Å²) in [5, 5.41) is 6.17. The van der Waals surface area contributed by atoms with E-state index in [2.05, 4.69) is 10.3 Å². The number of aromatic nitrogens is 1. The molecule has 2 aromatic carbocycles. The molecule has 5 heteroatoms. The molecule has 0 saturated carbocycles. The van der Waals surface area contributed by atoms with Gasteiger partial charge in [0.05, 0.1) is 14.2 Å². The third-order valence-electron chi connectivity index (χ3n) is 3.89. The van der Waals surface area contributed by atoms with Gasteiger partial charge in [-0.1, -0.05) is 23.7 Å². The topological polar surface area (TPSA) is 43.4 Å². The summed E-state index contributed by atoms with van der Waals surface area (Å²) in [5.41, 5.74) is 2.04. The molecule has 0 bridgehead atoms. The highest BCUT2D eigenvalue weighted by Gasteiger charge is 2.10. The number of benzene rings is 2. The molecule has 24 heavy (non-hydrogen) atoms. The molecule has 1 aromatic heterocycles. The average Bonchev–Trinajstić information content (AvgIpc) is 2.59. The van der Waals surface area contributed by atoms with Crippen LogP contribution in [0.15, 0.2) is 42.5 Å². The minimum absolute atomic E-state index is 0.659. The van der Waals surface area contributed by atoms with Gasteiger partial charge in [0, 0.05) is 22.6 Å². The fourth-order valence-corrected chi connectivity index (χ4v) is 2.89. The fourth-order valence-electron chi connectivity index (χ4n) is 2.68. The Balaban J connectivity index is 1.92. The number of rotatable bonds is 5. The van der Waals surface area contributed by atoms with Gasteiger partial charge in [0.2, 0.25) is 0 Å². The van der Waals surface area contributed by atoms with E-state index >= 15 is 0 Å². The number of halogens is 1. The van der Waals surface area contributed by atoms with Crippen LogP contribution in [0.1, 0.15) is 11.3 Å². The van der Waals surface area contributed by atoms with Crippen molar-refractivity contribution in [3.8, 4) is 11.5 Å². The minimum atomic E-state index is 0.659. The first-order chi connectivity index (χ1) is 11.6. The van der Waals surface area contributed by atoms with Crippen LogP contribution in [-0.4, -0.2) is 19.2 Å². The molecule has 0 atom stereocenters. The molecule has 0 aliphatic heterocycles. The summed E-state index contributed by atoms with van der Waals surface area (Å²) in [7, 11) is 3.27. The lowest BCUT2D eigenvalue weighted by molar-refractivity contribution is 0.356. The lowest BCUT2D eigenvalue weighted by Crippen LogP contribution is -2.02. The van der Waals surface area contributed by atoms with E-state index in [4.69, 9.17) is 21.1 Å². The van der Waals surface area contributed by atoms with E-state index in [9.17, 15) is 0 Å². The largest absolute Gasteiger partial charge is 0.493 e. The molecule has 1 N–H and O–H groups in total. The lowest BCUT2D eigenvalue weighted by atomic mass is 10.1. The van der Waals surface area contributed by atoms with Crippen LogP contribution in [0.2, 0.25) is 5.02 Å². The van der Waals surface area contributed by atoms with Gasteiger partial charge in [0.25, 0.3) is 0 Å². The van der Waals surface area contributed by atoms with Crippen molar-refractivity contribution < 1.29 is 9.47 Å². The zero-order valence-electron chi connectivity index (χ0n) is 13.9. The Hall–Kier alpha value is -2.46. The van der Waals surface area contributed by atoms with E-state index in [0.717, 1.165) is 32.9 Å². The summed E-state index contributed by atoms with van der Waals surface area (Å²) in [6.07, 6.45) is 0. The monoisotopic (exact) mass is 342 g/mol. The van der Waals surface area contributed by atoms with Gasteiger partial charge in [-0.3, -0.25) is 0 Å². The number of aryl methyl sites for hydroxylation is 1. The van der Waals surface area contributed by atoms with E-state index < -0.39 is 0 Å². The number of hydrogen-bond acceptors (Lipinski definition) is 4. The number of ether oxygens (including phenoxy) is 2. The molecular weight excluding hydrogens is 324 g/mol. The number of nitrogens with zero attached hydrogens (tertiary/aromatic N) is 1. The maximum Gasteiger partial charge on any atom is 0.161 e. The van der Waals surface area contributed by atoms with E-state index in [-0.39, 0.29) is 0 Å². The van der Waals surface area contributed by atoms with Crippen molar-refractivity contribution in [2.75, 3.05) is 19.5 Å². The quantitative estimate of drug-likeness (QED) is 0.721. The molecular formula is C19H19ClN2O2. The second-order valence-corrected chi connectivity index (χ2v) is 5.94. The summed E-state index contributed by atoms with van der Waals surface area (Å²) in [4.78, 5) is 4.63. The third kappa shape index (κ3) is 3.39. The Morgan fingerprint density at radius 3 is 2.50 bits per heavy atom. The molecule has 0 amide bonds. The number of anilines is 1. The predicted octanol–water partition coefficient (Wildman–Crippen LogP) is 4.83. The molecule has 0 aliphatic carbocycles. The van der Waals surface area contributed by atoms with Gasteiger partial charge in [0.1, 0.15) is 5.82 Å². The average molecular weight is 343 g/mol. The van der Waals surface area contributed by atoms with Crippen LogP contribution in [0.5, 0.6) is 11.5 Å². The number of hydrogen-bond donors (Lipinski definition) is 1. The zero-order valence-corrected chi connectivity index (χ0v) is 14.6. The molecule has 3 rings (SSSR count). The second kappa shape index (κ2) is 6.97. The Kier molecular flexibility index (Phi) is 4.76. The summed E-state index contributed by atoms with van der Waals surface area (Å²) >= 11 is 6.02. The van der Waals surface area contributed by atoms with Gasteiger partial charge < -0.3 is 14.8 Å². The zero-order chi connectivity index (χ0) is 17.1. The molecule has 4 nitrogen and oxygen atoms in total. The second-order valence-electron chi connectivity index (χ2n) is 5.50. The van der Waals surface area contributed by atoms with Gasteiger partial charge in [-0.15, -0.1) is 0 Å². The number of methoxy groups -OCH3 is 2. The van der Waals surface area contributed by atoms with Gasteiger partial charge in [-0.25, -0.2) is 4.98 Å². The van der Waals surface area contributed by atoms with Crippen molar-refractivity contribution in [1.29, 1.82) is 0 Å². The van der Waals surface area contributed by atoms with Crippen LogP contribution in [0.3, 0.4) is 0 Å². The lowest BCUT2D eigenvalue weighted by Gasteiger charge is -2.13. The van der Waals surface area contributed by atoms with Gasteiger partial charge in [-0.05, 0) is 48.2 Å². The summed E-state index contributed by atoms with van der Waals surface area (Å²) in [6, 6.07) is 13.7. The molecule has 0 radical (unpaired) electrons. The minimum Gasteiger partial charge on any atom is -0.493 e. The number of pyridine rings is 1. The molecule has 0 unspecified atom stereocenters. The van der Waals surface area contributed by atoms with Crippen LogP contribution < -0.4 is 14.8 Å². The van der Waals surface area contributed by atoms with Gasteiger partial charge >= 0.3 is 0 Å². The summed E-state index contributed by atoms with van der Waals surface area (Å²) in [5.74, 6) is 2.22. The smallest absolute Gasteiger partial charge is 0.161 e. The summed E-state index contributed by atoms with van der Waals surface area (Å²) in [6.45, 7) is 2.64. The normalized spacial score (nSPS) is 10.7. The summed E-state index contributed by atoms with van der Waals surface area (Å²) < 4.78 is 10.8. The molecule has 0 spiro atoms. The maximum absolute atomic E-state index is 6.02. The van der Waals surface area contributed by atoms with Crippen molar-refractivity contribution in [2.24, 2.45) is 0 Å². The van der Waals surface area contributed by atoms with Crippen molar-refractivity contribution in [3.63, 3.8) is 0 Å². The van der Waals surface area contributed by atoms with Crippen molar-refractivity contribution in [2.45, 2.75) is 13.5 Å². The standard InChI is InChI=1S/C19H19ClN2O2/c1-12-16-10-18(24-3)17(23-2)8-14(16)9-19(22-12)21-11-13-5-4-6-15(20)7-13/h4-10H,11H2,1-3H3,(H,21,22). The van der Waals surface area contributed by atoms with Crippen LogP contribution in [0, 0.1) is 6.92 Å². The van der Waals surface area contributed by atoms with Crippen LogP contribution in [0.4, 0.5) is 5.82 Å². The van der Waals surface area contributed by atoms with E-state index in [1.807, 2.05) is 49.4 Å². The van der Waals surface area contributed by atoms with E-state index in [1.54, 1.807) is 14.2 Å².